The van der Waals surface area contributed by atoms with E-state index in [1.807, 2.05) is 0 Å². The molecule has 0 amide bonds. The van der Waals surface area contributed by atoms with Crippen LogP contribution in [0.4, 0.5) is 0 Å². The van der Waals surface area contributed by atoms with Crippen molar-refractivity contribution in [2.45, 2.75) is 175 Å². The Balaban J connectivity index is 0. The van der Waals surface area contributed by atoms with Gasteiger partial charge in [-0.2, -0.15) is 24.9 Å². The van der Waals surface area contributed by atoms with Gasteiger partial charge < -0.3 is 5.82 Å². The summed E-state index contributed by atoms with van der Waals surface area (Å²) in [6.45, 7) is 9.23. The van der Waals surface area contributed by atoms with E-state index in [9.17, 15) is 0 Å². The number of unbranched alkanes of at least 4 members (excludes halogenated alkanes) is 16. The van der Waals surface area contributed by atoms with Crippen LogP contribution in [0.25, 0.3) is 0 Å². The summed E-state index contributed by atoms with van der Waals surface area (Å²) in [6.07, 6.45) is 31.7. The molecule has 0 heterocycles. The van der Waals surface area contributed by atoms with Crippen LogP contribution in [0.2, 0.25) is 19.0 Å². The fourth-order valence-electron chi connectivity index (χ4n) is 5.01. The summed E-state index contributed by atoms with van der Waals surface area (Å²) in [5.41, 5.74) is 0. The van der Waals surface area contributed by atoms with E-state index in [0.29, 0.717) is 0 Å². The second-order valence-electron chi connectivity index (χ2n) is 10.2. The minimum absolute atomic E-state index is 0. The average molecular weight is 425 g/mol. The Hall–Kier alpha value is 0.222. The topological polar surface area (TPSA) is 0 Å². The first-order chi connectivity index (χ1) is 14.7. The third kappa shape index (κ3) is 21.8. The monoisotopic (exact) mass is 424 g/mol. The van der Waals surface area contributed by atoms with Crippen molar-refractivity contribution < 1.29 is 18.9 Å². The zero-order valence-corrected chi connectivity index (χ0v) is 22.8. The van der Waals surface area contributed by atoms with Crippen LogP contribution in [-0.2, 0) is 0 Å². The Morgan fingerprint density at radius 1 is 0.419 bits per heavy atom. The van der Waals surface area contributed by atoms with Crippen LogP contribution >= 0.6 is 0 Å². The second kappa shape index (κ2) is 26.5. The number of hydrogen-bond donors (Lipinski definition) is 0. The molecule has 0 aliphatic heterocycles. The zero-order chi connectivity index (χ0) is 22.2. The molecule has 0 aromatic carbocycles. The summed E-state index contributed by atoms with van der Waals surface area (Å²) in [7, 11) is 0. The average Bonchev–Trinajstić information content (AvgIpc) is 2.75. The molecular weight excluding hydrogens is 366 g/mol. The van der Waals surface area contributed by atoms with Gasteiger partial charge in [-0.3, -0.25) is 0 Å². The molecule has 0 radical (unpaired) electrons. The van der Waals surface area contributed by atoms with Gasteiger partial charge in [0.05, 0.1) is 6.15 Å². The summed E-state index contributed by atoms with van der Waals surface area (Å²) >= 11 is 0. The molecule has 0 N–H and O–H groups in total. The van der Waals surface area contributed by atoms with Gasteiger partial charge in [-0.1, -0.05) is 143 Å². The molecule has 2 heteroatoms. The molecule has 0 aromatic heterocycles. The van der Waals surface area contributed by atoms with Crippen molar-refractivity contribution in [1.29, 1.82) is 0 Å². The SMILES string of the molecule is CCCC#C[B-](CCCCCCCC)(CCCCCCCC)CCCCCCCC.[Li+]. The van der Waals surface area contributed by atoms with Crippen molar-refractivity contribution in [3.63, 3.8) is 0 Å². The van der Waals surface area contributed by atoms with Gasteiger partial charge in [-0.15, -0.1) is 0 Å². The first-order valence-electron chi connectivity index (χ1n) is 14.4. The summed E-state index contributed by atoms with van der Waals surface area (Å²) in [6, 6.07) is 0. The van der Waals surface area contributed by atoms with E-state index >= 15 is 0 Å². The Labute approximate surface area is 211 Å². The molecule has 31 heavy (non-hydrogen) atoms. The predicted molar refractivity (Wildman–Crippen MR) is 143 cm³/mol. The Morgan fingerprint density at radius 2 is 0.742 bits per heavy atom. The molecule has 0 spiro atoms. The molecule has 0 aliphatic carbocycles. The molecule has 0 atom stereocenters. The molecule has 0 saturated heterocycles. The minimum Gasteiger partial charge on any atom is -0.315 e. The van der Waals surface area contributed by atoms with Gasteiger partial charge in [0.25, 0.3) is 0 Å². The molecule has 178 valence electrons. The Morgan fingerprint density at radius 3 is 1.06 bits per heavy atom. The molecule has 0 fully saturated rings. The maximum Gasteiger partial charge on any atom is 1.00 e. The fraction of sp³-hybridized carbons (Fsp3) is 0.931. The van der Waals surface area contributed by atoms with Crippen LogP contribution in [0.3, 0.4) is 0 Å². The minimum atomic E-state index is -0.449. The van der Waals surface area contributed by atoms with Gasteiger partial charge in [0.15, 0.2) is 0 Å². The summed E-state index contributed by atoms with van der Waals surface area (Å²) < 4.78 is 0. The summed E-state index contributed by atoms with van der Waals surface area (Å²) in [5.74, 6) is 7.59. The van der Waals surface area contributed by atoms with Crippen molar-refractivity contribution in [3.8, 4) is 11.7 Å². The first kappa shape index (κ1) is 33.4. The van der Waals surface area contributed by atoms with E-state index in [4.69, 9.17) is 0 Å². The second-order valence-corrected chi connectivity index (χ2v) is 10.2. The van der Waals surface area contributed by atoms with Crippen LogP contribution in [0.15, 0.2) is 0 Å². The van der Waals surface area contributed by atoms with Gasteiger partial charge in [0.2, 0.25) is 0 Å². The third-order valence-electron chi connectivity index (χ3n) is 7.11. The standard InChI is InChI=1S/C29H58B.Li/c1-5-9-13-16-19-23-27-30(26-22-12-8-4,28-24-20-17-14-10-6-2)29-25-21-18-15-11-7-3;/h5-21,23-25,27-29H2,1-4H3;/q-1;+1. The maximum absolute atomic E-state index is 3.95. The Kier molecular flexibility index (Phi) is 28.5. The quantitative estimate of drug-likeness (QED) is 0.0942. The summed E-state index contributed by atoms with van der Waals surface area (Å²) in [4.78, 5) is 0. The van der Waals surface area contributed by atoms with Crippen molar-refractivity contribution in [2.75, 3.05) is 0 Å². The molecule has 0 aliphatic rings. The molecule has 0 unspecified atom stereocenters. The molecule has 0 rings (SSSR count). The van der Waals surface area contributed by atoms with Crippen LogP contribution in [0.5, 0.6) is 0 Å². The van der Waals surface area contributed by atoms with Crippen LogP contribution in [-0.4, -0.2) is 6.15 Å². The van der Waals surface area contributed by atoms with Gasteiger partial charge in [0, 0.05) is 6.42 Å². The normalized spacial score (nSPS) is 11.1. The van der Waals surface area contributed by atoms with E-state index in [1.165, 1.54) is 141 Å². The molecule has 0 aromatic rings. The molecule has 0 bridgehead atoms. The first-order valence-corrected chi connectivity index (χ1v) is 14.4. The van der Waals surface area contributed by atoms with Crippen molar-refractivity contribution >= 4 is 6.15 Å². The zero-order valence-electron chi connectivity index (χ0n) is 22.8. The predicted octanol–water partition coefficient (Wildman–Crippen LogP) is 7.86. The largest absolute Gasteiger partial charge is 1.00 e. The van der Waals surface area contributed by atoms with Crippen LogP contribution in [0.1, 0.15) is 156 Å². The fourth-order valence-corrected chi connectivity index (χ4v) is 5.01. The van der Waals surface area contributed by atoms with Crippen molar-refractivity contribution in [2.24, 2.45) is 0 Å². The summed E-state index contributed by atoms with van der Waals surface area (Å²) in [5, 5.41) is 0. The van der Waals surface area contributed by atoms with E-state index in [1.54, 1.807) is 0 Å². The van der Waals surface area contributed by atoms with Crippen LogP contribution in [0, 0.1) is 11.7 Å². The van der Waals surface area contributed by atoms with E-state index < -0.39 is 6.15 Å². The molecule has 0 saturated carbocycles. The molecular formula is C29H58BLi. The maximum atomic E-state index is 3.95. The van der Waals surface area contributed by atoms with Crippen LogP contribution < -0.4 is 18.9 Å². The van der Waals surface area contributed by atoms with Gasteiger partial charge in [-0.05, 0) is 6.42 Å². The molecule has 0 nitrogen and oxygen atoms in total. The van der Waals surface area contributed by atoms with E-state index in [2.05, 4.69) is 39.4 Å². The smallest absolute Gasteiger partial charge is 0.315 e. The number of rotatable bonds is 22. The van der Waals surface area contributed by atoms with E-state index in [0.717, 1.165) is 6.42 Å². The van der Waals surface area contributed by atoms with Gasteiger partial charge >= 0.3 is 18.9 Å². The van der Waals surface area contributed by atoms with Gasteiger partial charge in [0.1, 0.15) is 0 Å². The van der Waals surface area contributed by atoms with Gasteiger partial charge in [-0.25, -0.2) is 0 Å². The van der Waals surface area contributed by atoms with Crippen molar-refractivity contribution in [3.05, 3.63) is 0 Å². The third-order valence-corrected chi connectivity index (χ3v) is 7.11. The van der Waals surface area contributed by atoms with Crippen molar-refractivity contribution in [1.82, 2.24) is 0 Å². The van der Waals surface area contributed by atoms with E-state index in [-0.39, 0.29) is 18.9 Å². The Bertz CT molecular complexity index is 354. The number of hydrogen-bond acceptors (Lipinski definition) is 0.